The number of hydrogen-bond acceptors (Lipinski definition) is 4. The summed E-state index contributed by atoms with van der Waals surface area (Å²) in [7, 11) is 0. The minimum absolute atomic E-state index is 0.133. The zero-order valence-electron chi connectivity index (χ0n) is 6.85. The molecule has 0 atom stereocenters. The maximum Gasteiger partial charge on any atom is 0.245 e. The van der Waals surface area contributed by atoms with Gasteiger partial charge in [0.05, 0.1) is 9.26 Å². The number of nitrogens with zero attached hydrogens (tertiary/aromatic N) is 4. The zero-order valence-corrected chi connectivity index (χ0v) is 9.01. The van der Waals surface area contributed by atoms with Gasteiger partial charge in [-0.15, -0.1) is 0 Å². The van der Waals surface area contributed by atoms with E-state index in [4.69, 9.17) is 5.73 Å². The topological polar surface area (TPSA) is 69.6 Å². The Balaban J connectivity index is 2.63. The Kier molecular flexibility index (Phi) is 2.32. The SMILES string of the molecule is Nc1nnnn1-c1cccc(F)c1I. The van der Waals surface area contributed by atoms with Gasteiger partial charge in [-0.1, -0.05) is 11.2 Å². The van der Waals surface area contributed by atoms with E-state index in [-0.39, 0.29) is 11.8 Å². The van der Waals surface area contributed by atoms with Crippen LogP contribution in [0.2, 0.25) is 0 Å². The van der Waals surface area contributed by atoms with Crippen molar-refractivity contribution in [2.24, 2.45) is 0 Å². The Bertz CT molecular complexity index is 469. The molecule has 2 aromatic rings. The summed E-state index contributed by atoms with van der Waals surface area (Å²) in [5.74, 6) is -0.188. The zero-order chi connectivity index (χ0) is 10.1. The molecule has 0 aliphatic rings. The maximum absolute atomic E-state index is 13.2. The number of nitrogen functional groups attached to an aromatic ring is 1. The lowest BCUT2D eigenvalue weighted by Gasteiger charge is -2.04. The Labute approximate surface area is 92.2 Å². The third kappa shape index (κ3) is 1.43. The van der Waals surface area contributed by atoms with E-state index in [1.165, 1.54) is 10.7 Å². The van der Waals surface area contributed by atoms with Gasteiger partial charge in [-0.3, -0.25) is 0 Å². The second-order valence-electron chi connectivity index (χ2n) is 2.52. The fourth-order valence-corrected chi connectivity index (χ4v) is 1.61. The molecule has 7 heteroatoms. The van der Waals surface area contributed by atoms with Gasteiger partial charge in [-0.05, 0) is 45.2 Å². The molecule has 5 nitrogen and oxygen atoms in total. The molecule has 0 bridgehead atoms. The van der Waals surface area contributed by atoms with Gasteiger partial charge in [-0.2, -0.15) is 4.68 Å². The first-order valence-corrected chi connectivity index (χ1v) is 4.76. The van der Waals surface area contributed by atoms with Gasteiger partial charge in [0.25, 0.3) is 0 Å². The van der Waals surface area contributed by atoms with Crippen molar-refractivity contribution < 1.29 is 4.39 Å². The van der Waals surface area contributed by atoms with E-state index in [0.717, 1.165) is 0 Å². The lowest BCUT2D eigenvalue weighted by atomic mass is 10.3. The summed E-state index contributed by atoms with van der Waals surface area (Å²) in [6, 6.07) is 4.64. The molecule has 0 radical (unpaired) electrons. The fraction of sp³-hybridized carbons (Fsp3) is 0. The third-order valence-corrected chi connectivity index (χ3v) is 2.72. The van der Waals surface area contributed by atoms with Crippen molar-refractivity contribution in [3.8, 4) is 5.69 Å². The molecule has 2 rings (SSSR count). The van der Waals surface area contributed by atoms with Gasteiger partial charge in [0.1, 0.15) is 5.82 Å². The molecule has 14 heavy (non-hydrogen) atoms. The van der Waals surface area contributed by atoms with Gasteiger partial charge >= 0.3 is 0 Å². The lowest BCUT2D eigenvalue weighted by Crippen LogP contribution is -2.05. The summed E-state index contributed by atoms with van der Waals surface area (Å²) in [6.45, 7) is 0. The third-order valence-electron chi connectivity index (χ3n) is 1.65. The quantitative estimate of drug-likeness (QED) is 0.798. The fourth-order valence-electron chi connectivity index (χ4n) is 1.02. The molecule has 1 aromatic carbocycles. The number of anilines is 1. The highest BCUT2D eigenvalue weighted by molar-refractivity contribution is 14.1. The van der Waals surface area contributed by atoms with Gasteiger partial charge in [-0.25, -0.2) is 4.39 Å². The summed E-state index contributed by atoms with van der Waals surface area (Å²) in [5, 5.41) is 10.5. The van der Waals surface area contributed by atoms with Crippen LogP contribution < -0.4 is 5.73 Å². The monoisotopic (exact) mass is 305 g/mol. The molecule has 1 heterocycles. The van der Waals surface area contributed by atoms with Gasteiger partial charge in [0.2, 0.25) is 5.95 Å². The van der Waals surface area contributed by atoms with Crippen molar-refractivity contribution in [3.05, 3.63) is 27.6 Å². The number of benzene rings is 1. The van der Waals surface area contributed by atoms with Gasteiger partial charge in [0.15, 0.2) is 0 Å². The molecule has 0 saturated heterocycles. The van der Waals surface area contributed by atoms with Crippen molar-refractivity contribution in [1.29, 1.82) is 0 Å². The van der Waals surface area contributed by atoms with E-state index in [1.54, 1.807) is 12.1 Å². The first-order chi connectivity index (χ1) is 6.70. The number of aromatic nitrogens is 4. The van der Waals surface area contributed by atoms with Crippen molar-refractivity contribution in [2.45, 2.75) is 0 Å². The summed E-state index contributed by atoms with van der Waals surface area (Å²) in [5.41, 5.74) is 6.03. The Hall–Kier alpha value is -1.25. The predicted molar refractivity (Wildman–Crippen MR) is 56.2 cm³/mol. The number of nitrogens with two attached hydrogens (primary N) is 1. The van der Waals surface area contributed by atoms with Crippen LogP contribution in [0, 0.1) is 9.39 Å². The normalized spacial score (nSPS) is 10.4. The molecule has 0 fully saturated rings. The van der Waals surface area contributed by atoms with Crippen LogP contribution in [0.5, 0.6) is 0 Å². The van der Waals surface area contributed by atoms with Crippen molar-refractivity contribution in [1.82, 2.24) is 20.2 Å². The van der Waals surface area contributed by atoms with Gasteiger partial charge in [0, 0.05) is 0 Å². The van der Waals surface area contributed by atoms with Crippen LogP contribution in [-0.4, -0.2) is 20.2 Å². The first-order valence-electron chi connectivity index (χ1n) is 3.68. The van der Waals surface area contributed by atoms with Crippen molar-refractivity contribution in [2.75, 3.05) is 5.73 Å². The maximum atomic E-state index is 13.2. The van der Waals surface area contributed by atoms with E-state index in [9.17, 15) is 4.39 Å². The summed E-state index contributed by atoms with van der Waals surface area (Å²) < 4.78 is 14.9. The molecular weight excluding hydrogens is 300 g/mol. The van der Waals surface area contributed by atoms with Crippen LogP contribution in [0.15, 0.2) is 18.2 Å². The Morgan fingerprint density at radius 1 is 1.43 bits per heavy atom. The highest BCUT2D eigenvalue weighted by Crippen LogP contribution is 2.20. The highest BCUT2D eigenvalue weighted by atomic mass is 127. The highest BCUT2D eigenvalue weighted by Gasteiger charge is 2.10. The van der Waals surface area contributed by atoms with Crippen LogP contribution >= 0.6 is 22.6 Å². The molecule has 0 aliphatic carbocycles. The second-order valence-corrected chi connectivity index (χ2v) is 3.60. The molecule has 0 unspecified atom stereocenters. The number of hydrogen-bond donors (Lipinski definition) is 1. The van der Waals surface area contributed by atoms with E-state index < -0.39 is 0 Å². The van der Waals surface area contributed by atoms with Gasteiger partial charge < -0.3 is 5.73 Å². The molecular formula is C7H5FIN5. The van der Waals surface area contributed by atoms with E-state index in [2.05, 4.69) is 15.5 Å². The Morgan fingerprint density at radius 3 is 2.86 bits per heavy atom. The number of tetrazole rings is 1. The van der Waals surface area contributed by atoms with Crippen LogP contribution in [0.4, 0.5) is 10.3 Å². The van der Waals surface area contributed by atoms with Crippen LogP contribution in [-0.2, 0) is 0 Å². The van der Waals surface area contributed by atoms with E-state index >= 15 is 0 Å². The van der Waals surface area contributed by atoms with Crippen molar-refractivity contribution in [3.63, 3.8) is 0 Å². The Morgan fingerprint density at radius 2 is 2.21 bits per heavy atom. The summed E-state index contributed by atoms with van der Waals surface area (Å²) in [6.07, 6.45) is 0. The summed E-state index contributed by atoms with van der Waals surface area (Å²) in [4.78, 5) is 0. The lowest BCUT2D eigenvalue weighted by molar-refractivity contribution is 0.616. The number of rotatable bonds is 1. The average Bonchev–Trinajstić information content (AvgIpc) is 2.57. The molecule has 0 spiro atoms. The average molecular weight is 305 g/mol. The molecule has 0 amide bonds. The van der Waals surface area contributed by atoms with Crippen LogP contribution in [0.25, 0.3) is 5.69 Å². The largest absolute Gasteiger partial charge is 0.366 e. The van der Waals surface area contributed by atoms with E-state index in [0.29, 0.717) is 9.26 Å². The first kappa shape index (κ1) is 9.31. The molecule has 72 valence electrons. The molecule has 0 aliphatic heterocycles. The minimum atomic E-state index is -0.321. The standard InChI is InChI=1S/C7H5FIN5/c8-4-2-1-3-5(6(4)9)14-7(10)11-12-13-14/h1-3H,(H2,10,11,13). The van der Waals surface area contributed by atoms with Crippen LogP contribution in [0.1, 0.15) is 0 Å². The predicted octanol–water partition coefficient (Wildman–Crippen LogP) is 0.988. The van der Waals surface area contributed by atoms with Crippen LogP contribution in [0.3, 0.4) is 0 Å². The molecule has 2 N–H and O–H groups in total. The minimum Gasteiger partial charge on any atom is -0.366 e. The number of halogens is 2. The second kappa shape index (κ2) is 3.48. The molecule has 0 saturated carbocycles. The smallest absolute Gasteiger partial charge is 0.245 e. The summed E-state index contributed by atoms with van der Waals surface area (Å²) >= 11 is 1.88. The van der Waals surface area contributed by atoms with E-state index in [1.807, 2.05) is 22.6 Å². The molecule has 1 aromatic heterocycles. The van der Waals surface area contributed by atoms with Crippen molar-refractivity contribution >= 4 is 28.5 Å².